The lowest BCUT2D eigenvalue weighted by Crippen LogP contribution is -2.02. The van der Waals surface area contributed by atoms with Gasteiger partial charge in [0.05, 0.1) is 19.4 Å². The first-order chi connectivity index (χ1) is 9.72. The highest BCUT2D eigenvalue weighted by molar-refractivity contribution is 5.44. The quantitative estimate of drug-likeness (QED) is 0.840. The third kappa shape index (κ3) is 3.63. The van der Waals surface area contributed by atoms with E-state index in [0.29, 0.717) is 19.8 Å². The zero-order valence-electron chi connectivity index (χ0n) is 12.1. The van der Waals surface area contributed by atoms with Gasteiger partial charge < -0.3 is 14.8 Å². The predicted molar refractivity (Wildman–Crippen MR) is 77.1 cm³/mol. The average Bonchev–Trinajstić information content (AvgIpc) is 2.85. The van der Waals surface area contributed by atoms with Gasteiger partial charge in [-0.15, -0.1) is 5.10 Å². The summed E-state index contributed by atoms with van der Waals surface area (Å²) < 4.78 is 12.8. The van der Waals surface area contributed by atoms with Crippen LogP contribution in [0.25, 0.3) is 0 Å². The molecule has 6 nitrogen and oxygen atoms in total. The molecule has 0 aliphatic rings. The third-order valence-electron chi connectivity index (χ3n) is 2.68. The van der Waals surface area contributed by atoms with Crippen molar-refractivity contribution in [3.05, 3.63) is 30.0 Å². The highest BCUT2D eigenvalue weighted by atomic mass is 16.5. The SMILES string of the molecule is CCOc1ccc(CNc2cn(C)nn2)cc1OCC. The van der Waals surface area contributed by atoms with E-state index in [9.17, 15) is 0 Å². The molecule has 0 fully saturated rings. The second-order valence-electron chi connectivity index (χ2n) is 4.28. The predicted octanol–water partition coefficient (Wildman–Crippen LogP) is 2.22. The molecule has 1 heterocycles. The van der Waals surface area contributed by atoms with Gasteiger partial charge in [-0.25, -0.2) is 0 Å². The Morgan fingerprint density at radius 2 is 1.90 bits per heavy atom. The van der Waals surface area contributed by atoms with Gasteiger partial charge >= 0.3 is 0 Å². The number of hydrogen-bond donors (Lipinski definition) is 1. The summed E-state index contributed by atoms with van der Waals surface area (Å²) in [4.78, 5) is 0. The summed E-state index contributed by atoms with van der Waals surface area (Å²) in [5.41, 5.74) is 1.10. The summed E-state index contributed by atoms with van der Waals surface area (Å²) in [7, 11) is 1.84. The van der Waals surface area contributed by atoms with Gasteiger partial charge in [0.15, 0.2) is 17.3 Å². The maximum Gasteiger partial charge on any atom is 0.168 e. The van der Waals surface area contributed by atoms with Gasteiger partial charge in [0.25, 0.3) is 0 Å². The molecule has 1 N–H and O–H groups in total. The molecule has 2 aromatic rings. The molecule has 1 aromatic heterocycles. The number of nitrogens with zero attached hydrogens (tertiary/aromatic N) is 3. The fourth-order valence-corrected chi connectivity index (χ4v) is 1.83. The number of ether oxygens (including phenoxy) is 2. The van der Waals surface area contributed by atoms with Crippen molar-refractivity contribution in [2.45, 2.75) is 20.4 Å². The van der Waals surface area contributed by atoms with E-state index in [4.69, 9.17) is 9.47 Å². The van der Waals surface area contributed by atoms with Crippen molar-refractivity contribution in [1.29, 1.82) is 0 Å². The number of benzene rings is 1. The molecule has 0 bridgehead atoms. The highest BCUT2D eigenvalue weighted by Gasteiger charge is 2.06. The Morgan fingerprint density at radius 3 is 2.55 bits per heavy atom. The summed E-state index contributed by atoms with van der Waals surface area (Å²) in [5.74, 6) is 2.30. The van der Waals surface area contributed by atoms with Crippen molar-refractivity contribution in [3.63, 3.8) is 0 Å². The molecule has 0 radical (unpaired) electrons. The highest BCUT2D eigenvalue weighted by Crippen LogP contribution is 2.28. The number of rotatable bonds is 7. The maximum atomic E-state index is 5.60. The minimum Gasteiger partial charge on any atom is -0.490 e. The molecule has 0 saturated carbocycles. The van der Waals surface area contributed by atoms with E-state index < -0.39 is 0 Å². The van der Waals surface area contributed by atoms with E-state index >= 15 is 0 Å². The molecule has 0 atom stereocenters. The molecule has 0 saturated heterocycles. The van der Waals surface area contributed by atoms with E-state index in [1.54, 1.807) is 4.68 Å². The number of aryl methyl sites for hydroxylation is 1. The first-order valence-corrected chi connectivity index (χ1v) is 6.71. The maximum absolute atomic E-state index is 5.60. The standard InChI is InChI=1S/C14H20N4O2/c1-4-19-12-7-6-11(8-13(12)20-5-2)9-15-14-10-18(3)17-16-14/h6-8,10,15H,4-5,9H2,1-3H3. The Balaban J connectivity index is 2.05. The Kier molecular flexibility index (Phi) is 4.81. The van der Waals surface area contributed by atoms with Crippen molar-refractivity contribution >= 4 is 5.82 Å². The van der Waals surface area contributed by atoms with Crippen molar-refractivity contribution in [3.8, 4) is 11.5 Å². The molecule has 6 heteroatoms. The molecule has 108 valence electrons. The Morgan fingerprint density at radius 1 is 1.15 bits per heavy atom. The van der Waals surface area contributed by atoms with Crippen LogP contribution in [0.1, 0.15) is 19.4 Å². The molecule has 0 spiro atoms. The molecule has 1 aromatic carbocycles. The summed E-state index contributed by atoms with van der Waals surface area (Å²) in [6.45, 7) is 5.81. The van der Waals surface area contributed by atoms with Crippen LogP contribution in [0.3, 0.4) is 0 Å². The monoisotopic (exact) mass is 276 g/mol. The number of hydrogen-bond acceptors (Lipinski definition) is 5. The summed E-state index contributed by atoms with van der Waals surface area (Å²) in [5, 5.41) is 11.1. The van der Waals surface area contributed by atoms with Crippen LogP contribution in [-0.4, -0.2) is 28.2 Å². The van der Waals surface area contributed by atoms with Gasteiger partial charge in [0.2, 0.25) is 0 Å². The first-order valence-electron chi connectivity index (χ1n) is 6.71. The summed E-state index contributed by atoms with van der Waals surface area (Å²) in [6, 6.07) is 5.93. The number of aromatic nitrogens is 3. The van der Waals surface area contributed by atoms with E-state index in [1.165, 1.54) is 0 Å². The largest absolute Gasteiger partial charge is 0.490 e. The summed E-state index contributed by atoms with van der Waals surface area (Å²) >= 11 is 0. The normalized spacial score (nSPS) is 10.3. The smallest absolute Gasteiger partial charge is 0.168 e. The van der Waals surface area contributed by atoms with Crippen molar-refractivity contribution in [1.82, 2.24) is 15.0 Å². The first kappa shape index (κ1) is 14.2. The zero-order chi connectivity index (χ0) is 14.4. The topological polar surface area (TPSA) is 61.2 Å². The Hall–Kier alpha value is -2.24. The van der Waals surface area contributed by atoms with Gasteiger partial charge in [0, 0.05) is 13.6 Å². The summed E-state index contributed by atoms with van der Waals surface area (Å²) in [6.07, 6.45) is 1.83. The molecular formula is C14H20N4O2. The van der Waals surface area contributed by atoms with Crippen LogP contribution in [0.4, 0.5) is 5.82 Å². The third-order valence-corrected chi connectivity index (χ3v) is 2.68. The molecule has 0 unspecified atom stereocenters. The molecule has 0 aliphatic carbocycles. The van der Waals surface area contributed by atoms with Crippen molar-refractivity contribution in [2.75, 3.05) is 18.5 Å². The van der Waals surface area contributed by atoms with Crippen LogP contribution in [-0.2, 0) is 13.6 Å². The van der Waals surface area contributed by atoms with Crippen LogP contribution < -0.4 is 14.8 Å². The van der Waals surface area contributed by atoms with Gasteiger partial charge in [-0.05, 0) is 31.5 Å². The lowest BCUT2D eigenvalue weighted by Gasteiger charge is -2.12. The molecule has 2 rings (SSSR count). The van der Waals surface area contributed by atoms with E-state index in [-0.39, 0.29) is 0 Å². The van der Waals surface area contributed by atoms with Crippen LogP contribution in [0.15, 0.2) is 24.4 Å². The second-order valence-corrected chi connectivity index (χ2v) is 4.28. The number of anilines is 1. The van der Waals surface area contributed by atoms with E-state index in [2.05, 4.69) is 15.6 Å². The van der Waals surface area contributed by atoms with Crippen molar-refractivity contribution in [2.24, 2.45) is 7.05 Å². The van der Waals surface area contributed by atoms with Crippen LogP contribution in [0.5, 0.6) is 11.5 Å². The minimum absolute atomic E-state index is 0.612. The van der Waals surface area contributed by atoms with Crippen LogP contribution >= 0.6 is 0 Å². The van der Waals surface area contributed by atoms with Gasteiger partial charge in [-0.3, -0.25) is 4.68 Å². The second kappa shape index (κ2) is 6.79. The lowest BCUT2D eigenvalue weighted by atomic mass is 10.2. The lowest BCUT2D eigenvalue weighted by molar-refractivity contribution is 0.287. The zero-order valence-corrected chi connectivity index (χ0v) is 12.1. The molecular weight excluding hydrogens is 256 g/mol. The van der Waals surface area contributed by atoms with Crippen LogP contribution in [0, 0.1) is 0 Å². The Bertz CT molecular complexity index is 554. The average molecular weight is 276 g/mol. The van der Waals surface area contributed by atoms with Gasteiger partial charge in [-0.2, -0.15) is 0 Å². The molecule has 0 amide bonds. The fraction of sp³-hybridized carbons (Fsp3) is 0.429. The minimum atomic E-state index is 0.612. The van der Waals surface area contributed by atoms with E-state index in [0.717, 1.165) is 22.9 Å². The molecule has 20 heavy (non-hydrogen) atoms. The number of nitrogens with one attached hydrogen (secondary N) is 1. The van der Waals surface area contributed by atoms with Gasteiger partial charge in [-0.1, -0.05) is 11.3 Å². The fourth-order valence-electron chi connectivity index (χ4n) is 1.83. The van der Waals surface area contributed by atoms with Crippen molar-refractivity contribution < 1.29 is 9.47 Å². The van der Waals surface area contributed by atoms with Gasteiger partial charge in [0.1, 0.15) is 0 Å². The van der Waals surface area contributed by atoms with Crippen LogP contribution in [0.2, 0.25) is 0 Å². The van der Waals surface area contributed by atoms with E-state index in [1.807, 2.05) is 45.3 Å². The molecule has 0 aliphatic heterocycles. The Labute approximate surface area is 118 Å².